The lowest BCUT2D eigenvalue weighted by Crippen LogP contribution is -2.29. The molecule has 0 radical (unpaired) electrons. The SMILES string of the molecule is Cc1ccc2c(c1)C1OCCC1C(c1ccccc1)N2. The highest BCUT2D eigenvalue weighted by Crippen LogP contribution is 2.49. The zero-order valence-electron chi connectivity index (χ0n) is 11.7. The van der Waals surface area contributed by atoms with Crippen LogP contribution in [0.15, 0.2) is 48.5 Å². The maximum atomic E-state index is 6.05. The van der Waals surface area contributed by atoms with E-state index in [-0.39, 0.29) is 6.10 Å². The molecule has 0 saturated carbocycles. The predicted octanol–water partition coefficient (Wildman–Crippen LogP) is 4.24. The lowest BCUT2D eigenvalue weighted by atomic mass is 9.81. The van der Waals surface area contributed by atoms with Crippen LogP contribution >= 0.6 is 0 Å². The first kappa shape index (κ1) is 12.0. The highest BCUT2D eigenvalue weighted by molar-refractivity contribution is 5.58. The van der Waals surface area contributed by atoms with Gasteiger partial charge < -0.3 is 10.1 Å². The van der Waals surface area contributed by atoms with Gasteiger partial charge in [-0.25, -0.2) is 0 Å². The molecule has 0 amide bonds. The molecule has 2 aromatic carbocycles. The van der Waals surface area contributed by atoms with Crippen LogP contribution < -0.4 is 5.32 Å². The Morgan fingerprint density at radius 2 is 1.95 bits per heavy atom. The lowest BCUT2D eigenvalue weighted by molar-refractivity contribution is 0.0829. The highest BCUT2D eigenvalue weighted by atomic mass is 16.5. The molecule has 2 nitrogen and oxygen atoms in total. The van der Waals surface area contributed by atoms with Gasteiger partial charge in [-0.2, -0.15) is 0 Å². The van der Waals surface area contributed by atoms with E-state index >= 15 is 0 Å². The van der Waals surface area contributed by atoms with E-state index in [4.69, 9.17) is 4.74 Å². The Bertz CT molecular complexity index is 623. The van der Waals surface area contributed by atoms with E-state index in [1.807, 2.05) is 0 Å². The number of anilines is 1. The number of fused-ring (bicyclic) bond motifs is 3. The maximum Gasteiger partial charge on any atom is 0.0896 e. The van der Waals surface area contributed by atoms with Gasteiger partial charge in [-0.15, -0.1) is 0 Å². The van der Waals surface area contributed by atoms with E-state index in [0.717, 1.165) is 13.0 Å². The minimum atomic E-state index is 0.247. The molecular weight excluding hydrogens is 246 g/mol. The molecule has 0 aromatic heterocycles. The molecule has 4 rings (SSSR count). The first-order valence-corrected chi connectivity index (χ1v) is 7.36. The Kier molecular flexibility index (Phi) is 2.78. The molecule has 2 aromatic rings. The Hall–Kier alpha value is -1.80. The van der Waals surface area contributed by atoms with Crippen molar-refractivity contribution in [3.05, 3.63) is 65.2 Å². The van der Waals surface area contributed by atoms with Crippen LogP contribution in [0.5, 0.6) is 0 Å². The average molecular weight is 265 g/mol. The standard InChI is InChI=1S/C18H19NO/c1-12-7-8-16-15(11-12)18-14(9-10-20-18)17(19-16)13-5-3-2-4-6-13/h2-8,11,14,17-19H,9-10H2,1H3. The van der Waals surface area contributed by atoms with E-state index in [0.29, 0.717) is 12.0 Å². The van der Waals surface area contributed by atoms with Crippen molar-refractivity contribution in [2.75, 3.05) is 11.9 Å². The highest BCUT2D eigenvalue weighted by Gasteiger charge is 2.41. The van der Waals surface area contributed by atoms with Crippen LogP contribution in [-0.2, 0) is 4.74 Å². The molecule has 0 bridgehead atoms. The van der Waals surface area contributed by atoms with E-state index in [9.17, 15) is 0 Å². The monoisotopic (exact) mass is 265 g/mol. The van der Waals surface area contributed by atoms with E-state index in [2.05, 4.69) is 60.8 Å². The van der Waals surface area contributed by atoms with Gasteiger partial charge >= 0.3 is 0 Å². The number of hydrogen-bond donors (Lipinski definition) is 1. The van der Waals surface area contributed by atoms with Crippen LogP contribution in [0.25, 0.3) is 0 Å². The molecule has 2 heterocycles. The van der Waals surface area contributed by atoms with Crippen molar-refractivity contribution in [2.24, 2.45) is 5.92 Å². The van der Waals surface area contributed by atoms with Crippen molar-refractivity contribution >= 4 is 5.69 Å². The number of ether oxygens (including phenoxy) is 1. The van der Waals surface area contributed by atoms with Crippen molar-refractivity contribution in [1.29, 1.82) is 0 Å². The molecule has 3 unspecified atom stereocenters. The second-order valence-electron chi connectivity index (χ2n) is 5.87. The summed E-state index contributed by atoms with van der Waals surface area (Å²) in [5.41, 5.74) is 5.23. The fourth-order valence-electron chi connectivity index (χ4n) is 3.58. The van der Waals surface area contributed by atoms with Gasteiger partial charge in [0.2, 0.25) is 0 Å². The fourth-order valence-corrected chi connectivity index (χ4v) is 3.58. The lowest BCUT2D eigenvalue weighted by Gasteiger charge is -2.36. The van der Waals surface area contributed by atoms with Crippen LogP contribution in [0.2, 0.25) is 0 Å². The summed E-state index contributed by atoms with van der Waals surface area (Å²) in [5, 5.41) is 3.73. The summed E-state index contributed by atoms with van der Waals surface area (Å²) >= 11 is 0. The predicted molar refractivity (Wildman–Crippen MR) is 80.8 cm³/mol. The Balaban J connectivity index is 1.79. The zero-order valence-corrected chi connectivity index (χ0v) is 11.7. The van der Waals surface area contributed by atoms with Crippen molar-refractivity contribution < 1.29 is 4.74 Å². The Labute approximate surface area is 119 Å². The fraction of sp³-hybridized carbons (Fsp3) is 0.333. The molecule has 1 fully saturated rings. The minimum absolute atomic E-state index is 0.247. The number of nitrogens with one attached hydrogen (secondary N) is 1. The maximum absolute atomic E-state index is 6.05. The van der Waals surface area contributed by atoms with Gasteiger partial charge in [0, 0.05) is 23.8 Å². The second-order valence-corrected chi connectivity index (χ2v) is 5.87. The first-order chi connectivity index (χ1) is 9.83. The smallest absolute Gasteiger partial charge is 0.0896 e. The van der Waals surface area contributed by atoms with Crippen LogP contribution in [-0.4, -0.2) is 6.61 Å². The molecule has 1 N–H and O–H groups in total. The molecule has 1 saturated heterocycles. The van der Waals surface area contributed by atoms with Gasteiger partial charge in [0.15, 0.2) is 0 Å². The third kappa shape index (κ3) is 1.83. The van der Waals surface area contributed by atoms with Gasteiger partial charge in [-0.3, -0.25) is 0 Å². The topological polar surface area (TPSA) is 21.3 Å². The normalized spacial score (nSPS) is 27.6. The number of rotatable bonds is 1. The number of aryl methyl sites for hydroxylation is 1. The molecule has 3 atom stereocenters. The molecule has 2 aliphatic heterocycles. The summed E-state index contributed by atoms with van der Waals surface area (Å²) in [6.07, 6.45) is 1.38. The number of hydrogen-bond acceptors (Lipinski definition) is 2. The van der Waals surface area contributed by atoms with Crippen LogP contribution in [0, 0.1) is 12.8 Å². The molecular formula is C18H19NO. The molecule has 102 valence electrons. The van der Waals surface area contributed by atoms with E-state index in [1.165, 1.54) is 22.4 Å². The third-order valence-corrected chi connectivity index (χ3v) is 4.55. The minimum Gasteiger partial charge on any atom is -0.378 e. The van der Waals surface area contributed by atoms with Gasteiger partial charge in [-0.1, -0.05) is 48.0 Å². The first-order valence-electron chi connectivity index (χ1n) is 7.36. The van der Waals surface area contributed by atoms with Crippen molar-refractivity contribution in [3.8, 4) is 0 Å². The third-order valence-electron chi connectivity index (χ3n) is 4.55. The molecule has 2 aliphatic rings. The van der Waals surface area contributed by atoms with E-state index in [1.54, 1.807) is 0 Å². The summed E-state index contributed by atoms with van der Waals surface area (Å²) in [6.45, 7) is 3.02. The molecule has 20 heavy (non-hydrogen) atoms. The quantitative estimate of drug-likeness (QED) is 0.832. The molecule has 2 heteroatoms. The van der Waals surface area contributed by atoms with Crippen molar-refractivity contribution in [2.45, 2.75) is 25.5 Å². The summed E-state index contributed by atoms with van der Waals surface area (Å²) in [7, 11) is 0. The summed E-state index contributed by atoms with van der Waals surface area (Å²) in [5.74, 6) is 0.534. The zero-order chi connectivity index (χ0) is 13.5. The second kappa shape index (κ2) is 4.64. The summed E-state index contributed by atoms with van der Waals surface area (Å²) in [4.78, 5) is 0. The largest absolute Gasteiger partial charge is 0.378 e. The van der Waals surface area contributed by atoms with Crippen LogP contribution in [0.4, 0.5) is 5.69 Å². The average Bonchev–Trinajstić information content (AvgIpc) is 2.97. The van der Waals surface area contributed by atoms with Gasteiger partial charge in [0.25, 0.3) is 0 Å². The Morgan fingerprint density at radius 3 is 2.80 bits per heavy atom. The van der Waals surface area contributed by atoms with Gasteiger partial charge in [-0.05, 0) is 25.0 Å². The molecule has 0 spiro atoms. The summed E-state index contributed by atoms with van der Waals surface area (Å²) < 4.78 is 6.05. The molecule has 0 aliphatic carbocycles. The van der Waals surface area contributed by atoms with Crippen LogP contribution in [0.1, 0.15) is 35.3 Å². The van der Waals surface area contributed by atoms with Gasteiger partial charge in [0.05, 0.1) is 12.1 Å². The van der Waals surface area contributed by atoms with Crippen molar-refractivity contribution in [3.63, 3.8) is 0 Å². The van der Waals surface area contributed by atoms with Gasteiger partial charge in [0.1, 0.15) is 0 Å². The van der Waals surface area contributed by atoms with Crippen LogP contribution in [0.3, 0.4) is 0 Å². The summed E-state index contributed by atoms with van der Waals surface area (Å²) in [6, 6.07) is 17.7. The number of benzene rings is 2. The van der Waals surface area contributed by atoms with E-state index < -0.39 is 0 Å². The Morgan fingerprint density at radius 1 is 1.10 bits per heavy atom. The van der Waals surface area contributed by atoms with Crippen molar-refractivity contribution in [1.82, 2.24) is 0 Å².